The minimum absolute atomic E-state index is 0.535. The largest absolute Gasteiger partial charge is 0.516 e. The summed E-state index contributed by atoms with van der Waals surface area (Å²) in [4.78, 5) is 14.5. The van der Waals surface area contributed by atoms with Crippen LogP contribution in [0, 0.1) is 0 Å². The van der Waals surface area contributed by atoms with Crippen LogP contribution in [0.15, 0.2) is 66.4 Å². The first-order valence-corrected chi connectivity index (χ1v) is 11.1. The van der Waals surface area contributed by atoms with Gasteiger partial charge in [-0.1, -0.05) is 36.9 Å². The molecule has 1 aliphatic heterocycles. The first-order valence-electron chi connectivity index (χ1n) is 10.1. The lowest BCUT2D eigenvalue weighted by atomic mass is 10.1. The number of H-pyrrole nitrogens is 1. The second-order valence-electron chi connectivity index (χ2n) is 7.07. The molecule has 0 radical (unpaired) electrons. The molecule has 2 heterocycles. The van der Waals surface area contributed by atoms with Gasteiger partial charge in [-0.15, -0.1) is 11.8 Å². The number of fused-ring (bicyclic) bond motifs is 3. The summed E-state index contributed by atoms with van der Waals surface area (Å²) >= 11 is 1.92. The van der Waals surface area contributed by atoms with E-state index in [0.29, 0.717) is 0 Å². The second-order valence-corrected chi connectivity index (χ2v) is 8.18. The van der Waals surface area contributed by atoms with Crippen molar-refractivity contribution in [2.24, 2.45) is 0 Å². The van der Waals surface area contributed by atoms with Crippen molar-refractivity contribution in [1.29, 1.82) is 0 Å². The SMILES string of the molecule is C=CO.O=C(/C=C/c1ccc(CNCCc2ccc3[nH]c4c(c3c2)CCS4)cc1)NO. The average molecular weight is 438 g/mol. The predicted octanol–water partition coefficient (Wildman–Crippen LogP) is 4.35. The zero-order valence-electron chi connectivity index (χ0n) is 17.2. The Morgan fingerprint density at radius 3 is 2.68 bits per heavy atom. The van der Waals surface area contributed by atoms with E-state index in [2.05, 4.69) is 35.1 Å². The highest BCUT2D eigenvalue weighted by Gasteiger charge is 2.17. The highest BCUT2D eigenvalue weighted by atomic mass is 32.2. The van der Waals surface area contributed by atoms with E-state index < -0.39 is 5.91 Å². The van der Waals surface area contributed by atoms with Crippen LogP contribution in [0.25, 0.3) is 17.0 Å². The Morgan fingerprint density at radius 2 is 1.94 bits per heavy atom. The first-order chi connectivity index (χ1) is 15.1. The molecule has 3 aromatic rings. The number of carbonyl (C=O) groups excluding carboxylic acids is 1. The van der Waals surface area contributed by atoms with E-state index in [9.17, 15) is 4.79 Å². The molecule has 0 atom stereocenters. The fourth-order valence-electron chi connectivity index (χ4n) is 3.47. The number of thioether (sulfide) groups is 1. The lowest BCUT2D eigenvalue weighted by Crippen LogP contribution is -2.16. The predicted molar refractivity (Wildman–Crippen MR) is 126 cm³/mol. The molecule has 1 aromatic heterocycles. The van der Waals surface area contributed by atoms with Gasteiger partial charge in [0.25, 0.3) is 5.91 Å². The van der Waals surface area contributed by atoms with Crippen LogP contribution < -0.4 is 10.8 Å². The summed E-state index contributed by atoms with van der Waals surface area (Å²) in [5, 5.41) is 22.0. The van der Waals surface area contributed by atoms with Gasteiger partial charge < -0.3 is 15.4 Å². The Bertz CT molecular complexity index is 1060. The Balaban J connectivity index is 0.000000858. The molecule has 0 saturated carbocycles. The van der Waals surface area contributed by atoms with E-state index in [1.54, 1.807) is 11.6 Å². The molecule has 0 aliphatic carbocycles. The van der Waals surface area contributed by atoms with E-state index in [1.807, 2.05) is 36.0 Å². The maximum absolute atomic E-state index is 11.0. The summed E-state index contributed by atoms with van der Waals surface area (Å²) in [6, 6.07) is 14.7. The van der Waals surface area contributed by atoms with Crippen LogP contribution in [0.1, 0.15) is 22.3 Å². The topological polar surface area (TPSA) is 97.4 Å². The van der Waals surface area contributed by atoms with Crippen molar-refractivity contribution in [2.45, 2.75) is 24.4 Å². The fourth-order valence-corrected chi connectivity index (χ4v) is 4.55. The van der Waals surface area contributed by atoms with Gasteiger partial charge in [0.1, 0.15) is 0 Å². The summed E-state index contributed by atoms with van der Waals surface area (Å²) in [5.74, 6) is 0.652. The van der Waals surface area contributed by atoms with Crippen molar-refractivity contribution in [2.75, 3.05) is 12.3 Å². The molecule has 6 nitrogen and oxygen atoms in total. The number of hydroxylamine groups is 1. The number of aliphatic hydroxyl groups excluding tert-OH is 1. The molecule has 31 heavy (non-hydrogen) atoms. The second kappa shape index (κ2) is 11.4. The number of nitrogens with one attached hydrogen (secondary N) is 3. The van der Waals surface area contributed by atoms with Crippen LogP contribution in [0.2, 0.25) is 0 Å². The number of benzene rings is 2. The molecule has 162 valence electrons. The lowest BCUT2D eigenvalue weighted by molar-refractivity contribution is -0.124. The van der Waals surface area contributed by atoms with Crippen LogP contribution in [-0.4, -0.2) is 33.5 Å². The highest BCUT2D eigenvalue weighted by molar-refractivity contribution is 7.99. The monoisotopic (exact) mass is 437 g/mol. The molecule has 0 unspecified atom stereocenters. The molecule has 7 heteroatoms. The highest BCUT2D eigenvalue weighted by Crippen LogP contribution is 2.36. The van der Waals surface area contributed by atoms with Gasteiger partial charge in [0.05, 0.1) is 11.3 Å². The third-order valence-corrected chi connectivity index (χ3v) is 6.01. The summed E-state index contributed by atoms with van der Waals surface area (Å²) in [6.45, 7) is 4.64. The number of hydrogen-bond acceptors (Lipinski definition) is 5. The van der Waals surface area contributed by atoms with Crippen LogP contribution in [0.3, 0.4) is 0 Å². The Morgan fingerprint density at radius 1 is 1.19 bits per heavy atom. The van der Waals surface area contributed by atoms with Crippen molar-refractivity contribution in [3.63, 3.8) is 0 Å². The smallest absolute Gasteiger partial charge is 0.267 e. The van der Waals surface area contributed by atoms with Gasteiger partial charge in [0.15, 0.2) is 0 Å². The molecular formula is C24H27N3O3S. The van der Waals surface area contributed by atoms with Crippen molar-refractivity contribution in [1.82, 2.24) is 15.8 Å². The van der Waals surface area contributed by atoms with E-state index in [-0.39, 0.29) is 0 Å². The van der Waals surface area contributed by atoms with E-state index in [0.717, 1.165) is 37.8 Å². The molecule has 1 aliphatic rings. The number of hydrogen-bond donors (Lipinski definition) is 5. The Labute approximate surface area is 186 Å². The molecule has 4 rings (SSSR count). The number of aryl methyl sites for hydroxylation is 1. The lowest BCUT2D eigenvalue weighted by Gasteiger charge is -2.06. The van der Waals surface area contributed by atoms with Crippen LogP contribution in [0.4, 0.5) is 0 Å². The zero-order valence-corrected chi connectivity index (χ0v) is 18.0. The summed E-state index contributed by atoms with van der Waals surface area (Å²) in [7, 11) is 0. The summed E-state index contributed by atoms with van der Waals surface area (Å²) < 4.78 is 0. The maximum Gasteiger partial charge on any atom is 0.267 e. The number of amides is 1. The Kier molecular flexibility index (Phi) is 8.35. The van der Waals surface area contributed by atoms with Crippen molar-refractivity contribution in [3.05, 3.63) is 83.6 Å². The van der Waals surface area contributed by atoms with Crippen LogP contribution in [0.5, 0.6) is 0 Å². The van der Waals surface area contributed by atoms with Gasteiger partial charge in [0.2, 0.25) is 0 Å². The van der Waals surface area contributed by atoms with Crippen molar-refractivity contribution < 1.29 is 15.1 Å². The quantitative estimate of drug-likeness (QED) is 0.124. The van der Waals surface area contributed by atoms with E-state index >= 15 is 0 Å². The number of carbonyl (C=O) groups is 1. The van der Waals surface area contributed by atoms with Gasteiger partial charge in [-0.3, -0.25) is 10.0 Å². The molecule has 0 spiro atoms. The minimum atomic E-state index is -0.535. The molecule has 0 saturated heterocycles. The van der Waals surface area contributed by atoms with Gasteiger partial charge in [-0.25, -0.2) is 5.48 Å². The van der Waals surface area contributed by atoms with Crippen LogP contribution in [-0.2, 0) is 24.2 Å². The minimum Gasteiger partial charge on any atom is -0.516 e. The van der Waals surface area contributed by atoms with E-state index in [1.165, 1.54) is 44.4 Å². The zero-order chi connectivity index (χ0) is 22.1. The number of aromatic nitrogens is 1. The standard InChI is InChI=1S/C22H23N3O2S.C2H4O/c26-21(25-27)8-6-15-1-3-17(4-2-15)14-23-11-9-16-5-7-20-19(13-16)18-10-12-28-22(18)24-20;1-2-3/h1-8,13,23-24,27H,9-12,14H2,(H,25,26);2-3H,1H2/b8-6+;. The number of aromatic amines is 1. The molecule has 0 fully saturated rings. The van der Waals surface area contributed by atoms with Gasteiger partial charge >= 0.3 is 0 Å². The number of aliphatic hydroxyl groups is 1. The average Bonchev–Trinajstić information content (AvgIpc) is 3.38. The summed E-state index contributed by atoms with van der Waals surface area (Å²) in [6.07, 6.45) is 5.87. The van der Waals surface area contributed by atoms with Crippen molar-refractivity contribution >= 4 is 34.6 Å². The van der Waals surface area contributed by atoms with Gasteiger partial charge in [-0.05, 0) is 59.8 Å². The Hall–Kier alpha value is -3.00. The summed E-state index contributed by atoms with van der Waals surface area (Å²) in [5.41, 5.74) is 7.78. The van der Waals surface area contributed by atoms with Gasteiger partial charge in [-0.2, -0.15) is 0 Å². The number of rotatable bonds is 7. The molecule has 0 bridgehead atoms. The molecule has 1 amide bonds. The third-order valence-electron chi connectivity index (χ3n) is 4.97. The van der Waals surface area contributed by atoms with Crippen LogP contribution >= 0.6 is 11.8 Å². The fraction of sp³-hybridized carbons (Fsp3) is 0.208. The first kappa shape index (κ1) is 22.7. The van der Waals surface area contributed by atoms with E-state index in [4.69, 9.17) is 10.3 Å². The normalized spacial score (nSPS) is 12.4. The molecular weight excluding hydrogens is 410 g/mol. The third kappa shape index (κ3) is 6.24. The molecule has 5 N–H and O–H groups in total. The molecule has 2 aromatic carbocycles. The maximum atomic E-state index is 11.0. The van der Waals surface area contributed by atoms with Gasteiger partial charge in [0, 0.05) is 29.3 Å². The van der Waals surface area contributed by atoms with Crippen molar-refractivity contribution in [3.8, 4) is 0 Å².